The van der Waals surface area contributed by atoms with E-state index >= 15 is 0 Å². The lowest BCUT2D eigenvalue weighted by Gasteiger charge is -2.08. The summed E-state index contributed by atoms with van der Waals surface area (Å²) in [5.74, 6) is 5.47. The van der Waals surface area contributed by atoms with Crippen LogP contribution in [0.3, 0.4) is 0 Å². The van der Waals surface area contributed by atoms with E-state index in [0.29, 0.717) is 6.42 Å². The molecule has 0 spiro atoms. The second-order valence-electron chi connectivity index (χ2n) is 8.38. The van der Waals surface area contributed by atoms with E-state index in [0.717, 1.165) is 30.6 Å². The van der Waals surface area contributed by atoms with E-state index in [1.165, 1.54) is 49.7 Å². The molecule has 0 amide bonds. The number of rotatable bonds is 13. The summed E-state index contributed by atoms with van der Waals surface area (Å²) in [5, 5.41) is 12.5. The number of benzene rings is 2. The van der Waals surface area contributed by atoms with Gasteiger partial charge in [0.05, 0.1) is 5.92 Å². The molecule has 0 heterocycles. The van der Waals surface area contributed by atoms with Crippen LogP contribution in [0.15, 0.2) is 48.5 Å². The topological polar surface area (TPSA) is 49.3 Å². The van der Waals surface area contributed by atoms with Crippen LogP contribution in [-0.4, -0.2) is 11.1 Å². The summed E-state index contributed by atoms with van der Waals surface area (Å²) in [6.07, 6.45) is 9.41. The molecule has 0 radical (unpaired) electrons. The van der Waals surface area contributed by atoms with Gasteiger partial charge >= 0.3 is 5.97 Å². The van der Waals surface area contributed by atoms with Crippen LogP contribution in [0, 0.1) is 17.8 Å². The average Bonchev–Trinajstić information content (AvgIpc) is 2.77. The summed E-state index contributed by atoms with van der Waals surface area (Å²) in [6.45, 7) is 5.58. The predicted octanol–water partition coefficient (Wildman–Crippen LogP) is 6.34. The monoisotopic (exact) mass is 419 g/mol. The summed E-state index contributed by atoms with van der Waals surface area (Å²) >= 11 is 0. The molecule has 2 aromatic carbocycles. The molecule has 0 aliphatic rings. The fraction of sp³-hybridized carbons (Fsp3) is 0.464. The standard InChI is InChI=1S/C28H37NO2/c1-3-4-5-6-7-8-9-10-11-24-12-16-26(17-13-24)21-29-22-27-18-14-25(15-19-27)20-23(2)28(30)31/h12-19,23,29H,3-9,20-22H2,1-2H3,(H,30,31). The van der Waals surface area contributed by atoms with Crippen LogP contribution < -0.4 is 5.32 Å². The van der Waals surface area contributed by atoms with E-state index in [1.807, 2.05) is 12.1 Å². The molecule has 31 heavy (non-hydrogen) atoms. The highest BCUT2D eigenvalue weighted by molar-refractivity contribution is 5.69. The number of carboxylic acid groups (broad SMARTS) is 1. The van der Waals surface area contributed by atoms with Crippen LogP contribution in [0.5, 0.6) is 0 Å². The van der Waals surface area contributed by atoms with Crippen molar-refractivity contribution in [3.05, 3.63) is 70.8 Å². The fourth-order valence-electron chi connectivity index (χ4n) is 3.45. The smallest absolute Gasteiger partial charge is 0.306 e. The molecule has 0 saturated carbocycles. The van der Waals surface area contributed by atoms with Gasteiger partial charge in [-0.25, -0.2) is 0 Å². The fourth-order valence-corrected chi connectivity index (χ4v) is 3.45. The first-order chi connectivity index (χ1) is 15.1. The number of unbranched alkanes of at least 4 members (excludes halogenated alkanes) is 6. The van der Waals surface area contributed by atoms with Gasteiger partial charge in [-0.05, 0) is 41.7 Å². The van der Waals surface area contributed by atoms with E-state index in [9.17, 15) is 4.79 Å². The van der Waals surface area contributed by atoms with Crippen molar-refractivity contribution in [2.75, 3.05) is 0 Å². The van der Waals surface area contributed by atoms with Crippen LogP contribution in [0.1, 0.15) is 81.0 Å². The number of hydrogen-bond donors (Lipinski definition) is 2. The first-order valence-electron chi connectivity index (χ1n) is 11.7. The third-order valence-corrected chi connectivity index (χ3v) is 5.49. The summed E-state index contributed by atoms with van der Waals surface area (Å²) < 4.78 is 0. The van der Waals surface area contributed by atoms with Gasteiger partial charge in [0.15, 0.2) is 0 Å². The Labute approximate surface area is 188 Å². The van der Waals surface area contributed by atoms with Crippen molar-refractivity contribution in [1.82, 2.24) is 5.32 Å². The van der Waals surface area contributed by atoms with Crippen LogP contribution in [-0.2, 0) is 24.3 Å². The molecule has 0 fully saturated rings. The van der Waals surface area contributed by atoms with Crippen LogP contribution in [0.25, 0.3) is 0 Å². The third kappa shape index (κ3) is 10.3. The number of carboxylic acids is 1. The molecule has 2 N–H and O–H groups in total. The van der Waals surface area contributed by atoms with Gasteiger partial charge in [-0.15, -0.1) is 0 Å². The molecule has 3 heteroatoms. The van der Waals surface area contributed by atoms with Crippen molar-refractivity contribution >= 4 is 5.97 Å². The molecule has 3 nitrogen and oxygen atoms in total. The highest BCUT2D eigenvalue weighted by Gasteiger charge is 2.11. The van der Waals surface area contributed by atoms with Gasteiger partial charge in [0.1, 0.15) is 0 Å². The van der Waals surface area contributed by atoms with Crippen LogP contribution in [0.2, 0.25) is 0 Å². The Bertz CT molecular complexity index is 828. The van der Waals surface area contributed by atoms with Crippen molar-refractivity contribution in [2.45, 2.75) is 78.3 Å². The maximum Gasteiger partial charge on any atom is 0.306 e. The number of carbonyl (C=O) groups is 1. The molecule has 0 aliphatic heterocycles. The number of aliphatic carboxylic acids is 1. The lowest BCUT2D eigenvalue weighted by molar-refractivity contribution is -0.141. The molecule has 1 unspecified atom stereocenters. The summed E-state index contributed by atoms with van der Waals surface area (Å²) in [4.78, 5) is 11.0. The molecule has 2 rings (SSSR count). The van der Waals surface area contributed by atoms with Gasteiger partial charge in [-0.1, -0.05) is 94.2 Å². The Morgan fingerprint density at radius 1 is 0.871 bits per heavy atom. The molecule has 1 atom stereocenters. The van der Waals surface area contributed by atoms with E-state index < -0.39 is 5.97 Å². The molecule has 0 aliphatic carbocycles. The minimum absolute atomic E-state index is 0.354. The van der Waals surface area contributed by atoms with Gasteiger partial charge < -0.3 is 10.4 Å². The van der Waals surface area contributed by atoms with Gasteiger partial charge in [0, 0.05) is 25.1 Å². The highest BCUT2D eigenvalue weighted by Crippen LogP contribution is 2.11. The van der Waals surface area contributed by atoms with Crippen LogP contribution in [0.4, 0.5) is 0 Å². The largest absolute Gasteiger partial charge is 0.481 e. The Hall–Kier alpha value is -2.57. The Morgan fingerprint density at radius 3 is 2.03 bits per heavy atom. The van der Waals surface area contributed by atoms with Crippen molar-refractivity contribution in [1.29, 1.82) is 0 Å². The van der Waals surface area contributed by atoms with Crippen molar-refractivity contribution in [3.63, 3.8) is 0 Å². The normalized spacial score (nSPS) is 11.5. The molecule has 166 valence electrons. The highest BCUT2D eigenvalue weighted by atomic mass is 16.4. The average molecular weight is 420 g/mol. The summed E-state index contributed by atoms with van der Waals surface area (Å²) in [7, 11) is 0. The minimum atomic E-state index is -0.749. The SMILES string of the molecule is CCCCCCCCC#Cc1ccc(CNCc2ccc(CC(C)C(=O)O)cc2)cc1. The van der Waals surface area contributed by atoms with Crippen LogP contribution >= 0.6 is 0 Å². The van der Waals surface area contributed by atoms with Crippen molar-refractivity contribution in [2.24, 2.45) is 5.92 Å². The third-order valence-electron chi connectivity index (χ3n) is 5.49. The van der Waals surface area contributed by atoms with Crippen molar-refractivity contribution < 1.29 is 9.90 Å². The van der Waals surface area contributed by atoms with E-state index in [4.69, 9.17) is 5.11 Å². The maximum absolute atomic E-state index is 11.0. The molecule has 0 aromatic heterocycles. The first kappa shape index (κ1) is 24.7. The molecular formula is C28H37NO2. The minimum Gasteiger partial charge on any atom is -0.481 e. The Morgan fingerprint density at radius 2 is 1.42 bits per heavy atom. The van der Waals surface area contributed by atoms with Gasteiger partial charge in [-0.3, -0.25) is 4.79 Å². The molecule has 2 aromatic rings. The van der Waals surface area contributed by atoms with E-state index in [1.54, 1.807) is 6.92 Å². The Kier molecular flexibility index (Phi) is 11.5. The summed E-state index contributed by atoms with van der Waals surface area (Å²) in [6, 6.07) is 16.7. The zero-order valence-corrected chi connectivity index (χ0v) is 19.1. The van der Waals surface area contributed by atoms with Gasteiger partial charge in [-0.2, -0.15) is 0 Å². The zero-order chi connectivity index (χ0) is 22.3. The van der Waals surface area contributed by atoms with Gasteiger partial charge in [0.25, 0.3) is 0 Å². The maximum atomic E-state index is 11.0. The molecule has 0 bridgehead atoms. The predicted molar refractivity (Wildman–Crippen MR) is 129 cm³/mol. The second-order valence-corrected chi connectivity index (χ2v) is 8.38. The Balaban J connectivity index is 1.67. The van der Waals surface area contributed by atoms with E-state index in [2.05, 4.69) is 60.5 Å². The lowest BCUT2D eigenvalue weighted by Crippen LogP contribution is -2.13. The lowest BCUT2D eigenvalue weighted by atomic mass is 10.0. The first-order valence-corrected chi connectivity index (χ1v) is 11.7. The second kappa shape index (κ2) is 14.4. The zero-order valence-electron chi connectivity index (χ0n) is 19.1. The number of hydrogen-bond acceptors (Lipinski definition) is 2. The quantitative estimate of drug-likeness (QED) is 0.294. The summed E-state index contributed by atoms with van der Waals surface area (Å²) in [5.41, 5.74) is 4.59. The van der Waals surface area contributed by atoms with Gasteiger partial charge in [0.2, 0.25) is 0 Å². The number of nitrogens with one attached hydrogen (secondary N) is 1. The molecular weight excluding hydrogens is 382 g/mol. The van der Waals surface area contributed by atoms with Crippen molar-refractivity contribution in [3.8, 4) is 11.8 Å². The molecule has 0 saturated heterocycles. The van der Waals surface area contributed by atoms with E-state index in [-0.39, 0.29) is 5.92 Å².